The fourth-order valence-corrected chi connectivity index (χ4v) is 4.93. The Hall–Kier alpha value is -6.18. The van der Waals surface area contributed by atoms with Crippen molar-refractivity contribution < 1.29 is 0 Å². The Morgan fingerprint density at radius 3 is 1.02 bits per heavy atom. The molecular weight excluding hydrogens is 528 g/mol. The molecule has 0 amide bonds. The summed E-state index contributed by atoms with van der Waals surface area (Å²) in [4.78, 5) is 0. The molecule has 0 unspecified atom stereocenters. The first-order valence-electron chi connectivity index (χ1n) is 14.5. The smallest absolute Gasteiger partial charge is 0.0706 e. The Bertz CT molecular complexity index is 1920. The summed E-state index contributed by atoms with van der Waals surface area (Å²) in [5.74, 6) is 28.2. The zero-order chi connectivity index (χ0) is 29.9. The van der Waals surface area contributed by atoms with Crippen LogP contribution in [0.1, 0.15) is 27.8 Å². The number of hydrogen-bond donors (Lipinski definition) is 0. The van der Waals surface area contributed by atoms with E-state index in [4.69, 9.17) is 0 Å². The van der Waals surface area contributed by atoms with Crippen molar-refractivity contribution in [1.82, 2.24) is 0 Å². The zero-order valence-corrected chi connectivity index (χ0v) is 24.2. The van der Waals surface area contributed by atoms with Crippen LogP contribution < -0.4 is 0 Å². The van der Waals surface area contributed by atoms with E-state index in [0.717, 1.165) is 33.4 Å². The van der Waals surface area contributed by atoms with E-state index in [1.807, 2.05) is 140 Å². The average molecular weight is 557 g/mol. The molecule has 0 spiro atoms. The largest absolute Gasteiger partial charge is 0.142 e. The summed E-state index contributed by atoms with van der Waals surface area (Å²) >= 11 is 0. The van der Waals surface area contributed by atoms with Gasteiger partial charge in [-0.05, 0) is 65.7 Å². The SMILES string of the molecule is C(#CC1(C#Cc2ccccc2)C=CC(c2ccccc2)=CC1(C#Cc1ccccc1)C#Cc1ccccc1)c1ccccc1. The third-order valence-corrected chi connectivity index (χ3v) is 7.33. The Balaban J connectivity index is 1.67. The Morgan fingerprint density at radius 2 is 0.659 bits per heavy atom. The molecule has 0 nitrogen and oxygen atoms in total. The van der Waals surface area contributed by atoms with Crippen LogP contribution in [0.4, 0.5) is 0 Å². The summed E-state index contributed by atoms with van der Waals surface area (Å²) < 4.78 is 0. The fraction of sp³-hybridized carbons (Fsp3) is 0.0455. The van der Waals surface area contributed by atoms with E-state index >= 15 is 0 Å². The number of allylic oxidation sites excluding steroid dienone is 4. The molecule has 0 bridgehead atoms. The predicted molar refractivity (Wildman–Crippen MR) is 182 cm³/mol. The van der Waals surface area contributed by atoms with E-state index < -0.39 is 10.8 Å². The van der Waals surface area contributed by atoms with Crippen molar-refractivity contribution in [2.45, 2.75) is 0 Å². The molecule has 0 heteroatoms. The van der Waals surface area contributed by atoms with Gasteiger partial charge in [0.2, 0.25) is 0 Å². The molecule has 1 aliphatic rings. The van der Waals surface area contributed by atoms with Crippen molar-refractivity contribution in [2.75, 3.05) is 0 Å². The summed E-state index contributed by atoms with van der Waals surface area (Å²) in [6.45, 7) is 0. The summed E-state index contributed by atoms with van der Waals surface area (Å²) in [6.07, 6.45) is 6.37. The first kappa shape index (κ1) is 28.0. The maximum Gasteiger partial charge on any atom is 0.142 e. The molecule has 5 aromatic carbocycles. The van der Waals surface area contributed by atoms with Gasteiger partial charge in [0.05, 0.1) is 0 Å². The van der Waals surface area contributed by atoms with Gasteiger partial charge < -0.3 is 0 Å². The van der Waals surface area contributed by atoms with Crippen LogP contribution in [0.25, 0.3) is 5.57 Å². The molecule has 204 valence electrons. The highest BCUT2D eigenvalue weighted by Gasteiger charge is 2.47. The van der Waals surface area contributed by atoms with Crippen molar-refractivity contribution in [1.29, 1.82) is 0 Å². The van der Waals surface area contributed by atoms with Gasteiger partial charge >= 0.3 is 0 Å². The summed E-state index contributed by atoms with van der Waals surface area (Å²) in [5, 5.41) is 0. The second kappa shape index (κ2) is 13.2. The minimum atomic E-state index is -1.08. The van der Waals surface area contributed by atoms with Crippen LogP contribution >= 0.6 is 0 Å². The highest BCUT2D eigenvalue weighted by molar-refractivity contribution is 5.80. The van der Waals surface area contributed by atoms with Gasteiger partial charge in [0.25, 0.3) is 0 Å². The number of benzene rings is 5. The van der Waals surface area contributed by atoms with Gasteiger partial charge in [0.1, 0.15) is 10.8 Å². The molecule has 0 atom stereocenters. The molecule has 1 aliphatic carbocycles. The third kappa shape index (κ3) is 6.49. The van der Waals surface area contributed by atoms with Gasteiger partial charge in [-0.1, -0.05) is 163 Å². The van der Waals surface area contributed by atoms with Gasteiger partial charge in [0.15, 0.2) is 0 Å². The lowest BCUT2D eigenvalue weighted by Crippen LogP contribution is -2.37. The highest BCUT2D eigenvalue weighted by atomic mass is 14.4. The Kier molecular flexibility index (Phi) is 8.39. The molecule has 0 aliphatic heterocycles. The second-order valence-electron chi connectivity index (χ2n) is 10.4. The molecule has 5 aromatic rings. The van der Waals surface area contributed by atoms with Crippen LogP contribution in [0.5, 0.6) is 0 Å². The standard InChI is InChI=1S/C44H28/c1-6-16-37(17-7-1)26-31-43(32-27-38-18-8-2-9-19-38)35-30-42(41-24-14-5-15-25-41)36-44(43,33-28-39-20-10-3-11-21-39)34-29-40-22-12-4-13-23-40/h1-25,30,35-36H. The fourth-order valence-electron chi connectivity index (χ4n) is 4.93. The molecule has 0 heterocycles. The van der Waals surface area contributed by atoms with Gasteiger partial charge in [-0.3, -0.25) is 0 Å². The molecule has 0 fully saturated rings. The molecule has 0 saturated heterocycles. The second-order valence-corrected chi connectivity index (χ2v) is 10.4. The van der Waals surface area contributed by atoms with Gasteiger partial charge in [-0.25, -0.2) is 0 Å². The molecular formula is C44H28. The van der Waals surface area contributed by atoms with E-state index in [-0.39, 0.29) is 0 Å². The normalized spacial score (nSPS) is 13.6. The number of rotatable bonds is 1. The molecule has 0 N–H and O–H groups in total. The van der Waals surface area contributed by atoms with E-state index in [1.54, 1.807) is 0 Å². The Labute approximate surface area is 260 Å². The van der Waals surface area contributed by atoms with Crippen LogP contribution in [0, 0.1) is 58.2 Å². The minimum Gasteiger partial charge on any atom is -0.0706 e. The first-order chi connectivity index (χ1) is 21.7. The lowest BCUT2D eigenvalue weighted by molar-refractivity contribution is 0.474. The topological polar surface area (TPSA) is 0 Å². The van der Waals surface area contributed by atoms with Crippen molar-refractivity contribution >= 4 is 5.57 Å². The molecule has 0 radical (unpaired) electrons. The van der Waals surface area contributed by atoms with Crippen LogP contribution in [0.3, 0.4) is 0 Å². The van der Waals surface area contributed by atoms with Crippen LogP contribution in [-0.2, 0) is 0 Å². The lowest BCUT2D eigenvalue weighted by atomic mass is 9.60. The summed E-state index contributed by atoms with van der Waals surface area (Å²) in [7, 11) is 0. The third-order valence-electron chi connectivity index (χ3n) is 7.33. The van der Waals surface area contributed by atoms with Crippen molar-refractivity contribution in [2.24, 2.45) is 10.8 Å². The van der Waals surface area contributed by atoms with E-state index in [1.165, 1.54) is 0 Å². The maximum absolute atomic E-state index is 3.63. The first-order valence-corrected chi connectivity index (χ1v) is 14.5. The van der Waals surface area contributed by atoms with Crippen molar-refractivity contribution in [3.05, 3.63) is 198 Å². The monoisotopic (exact) mass is 556 g/mol. The lowest BCUT2D eigenvalue weighted by Gasteiger charge is -2.36. The molecule has 0 aromatic heterocycles. The van der Waals surface area contributed by atoms with E-state index in [9.17, 15) is 0 Å². The average Bonchev–Trinajstić information content (AvgIpc) is 3.11. The number of hydrogen-bond acceptors (Lipinski definition) is 0. The van der Waals surface area contributed by atoms with Gasteiger partial charge in [0, 0.05) is 22.3 Å². The quantitative estimate of drug-likeness (QED) is 0.181. The molecule has 0 saturated carbocycles. The maximum atomic E-state index is 3.63. The van der Waals surface area contributed by atoms with Crippen LogP contribution in [-0.4, -0.2) is 0 Å². The van der Waals surface area contributed by atoms with Crippen molar-refractivity contribution in [3.8, 4) is 47.4 Å². The summed E-state index contributed by atoms with van der Waals surface area (Å²) in [6, 6.07) is 50.3. The van der Waals surface area contributed by atoms with E-state index in [0.29, 0.717) is 0 Å². The van der Waals surface area contributed by atoms with Crippen LogP contribution in [0.2, 0.25) is 0 Å². The van der Waals surface area contributed by atoms with Gasteiger partial charge in [-0.2, -0.15) is 0 Å². The summed E-state index contributed by atoms with van der Waals surface area (Å²) in [5.41, 5.74) is 3.58. The highest BCUT2D eigenvalue weighted by Crippen LogP contribution is 2.47. The van der Waals surface area contributed by atoms with Gasteiger partial charge in [-0.15, -0.1) is 0 Å². The molecule has 6 rings (SSSR count). The van der Waals surface area contributed by atoms with E-state index in [2.05, 4.69) is 77.7 Å². The molecule has 44 heavy (non-hydrogen) atoms. The zero-order valence-electron chi connectivity index (χ0n) is 24.2. The van der Waals surface area contributed by atoms with Crippen molar-refractivity contribution in [3.63, 3.8) is 0 Å². The minimum absolute atomic E-state index is 0.901. The van der Waals surface area contributed by atoms with Crippen LogP contribution in [0.15, 0.2) is 170 Å². The predicted octanol–water partition coefficient (Wildman–Crippen LogP) is 8.82. The Morgan fingerprint density at radius 1 is 0.341 bits per heavy atom.